The van der Waals surface area contributed by atoms with Crippen molar-refractivity contribution in [3.05, 3.63) is 42.0 Å². The highest BCUT2D eigenvalue weighted by molar-refractivity contribution is 5.97. The van der Waals surface area contributed by atoms with Crippen molar-refractivity contribution in [2.75, 3.05) is 5.73 Å². The van der Waals surface area contributed by atoms with Gasteiger partial charge in [0.2, 0.25) is 0 Å². The Morgan fingerprint density at radius 2 is 2.11 bits per heavy atom. The Morgan fingerprint density at radius 1 is 1.44 bits per heavy atom. The van der Waals surface area contributed by atoms with E-state index in [2.05, 4.69) is 15.4 Å². The van der Waals surface area contributed by atoms with E-state index in [9.17, 15) is 4.79 Å². The van der Waals surface area contributed by atoms with Crippen LogP contribution in [0.2, 0.25) is 0 Å². The molecule has 0 fully saturated rings. The molecule has 1 amide bonds. The van der Waals surface area contributed by atoms with Gasteiger partial charge in [0.1, 0.15) is 5.69 Å². The smallest absolute Gasteiger partial charge is 0.272 e. The van der Waals surface area contributed by atoms with Crippen molar-refractivity contribution in [1.82, 2.24) is 20.1 Å². The summed E-state index contributed by atoms with van der Waals surface area (Å²) in [4.78, 5) is 16.0. The second-order valence-electron chi connectivity index (χ2n) is 4.05. The lowest BCUT2D eigenvalue weighted by molar-refractivity contribution is 0.0931. The molecule has 1 atom stereocenters. The Balaban J connectivity index is 2.13. The first-order chi connectivity index (χ1) is 8.59. The first-order valence-corrected chi connectivity index (χ1v) is 5.58. The van der Waals surface area contributed by atoms with E-state index < -0.39 is 0 Å². The maximum absolute atomic E-state index is 12.1. The van der Waals surface area contributed by atoms with Crippen molar-refractivity contribution < 1.29 is 4.79 Å². The molecule has 6 nitrogen and oxygen atoms in total. The second-order valence-corrected chi connectivity index (χ2v) is 4.05. The quantitative estimate of drug-likeness (QED) is 0.840. The van der Waals surface area contributed by atoms with Crippen LogP contribution in [0.25, 0.3) is 0 Å². The molecular weight excluding hydrogens is 230 g/mol. The first kappa shape index (κ1) is 12.1. The summed E-state index contributed by atoms with van der Waals surface area (Å²) >= 11 is 0. The number of rotatable bonds is 3. The fourth-order valence-electron chi connectivity index (χ4n) is 1.73. The summed E-state index contributed by atoms with van der Waals surface area (Å²) in [5, 5.41) is 6.81. The van der Waals surface area contributed by atoms with E-state index in [-0.39, 0.29) is 11.9 Å². The second kappa shape index (κ2) is 4.87. The molecule has 0 bridgehead atoms. The van der Waals surface area contributed by atoms with Gasteiger partial charge in [-0.2, -0.15) is 5.10 Å². The van der Waals surface area contributed by atoms with Crippen molar-refractivity contribution in [3.63, 3.8) is 0 Å². The van der Waals surface area contributed by atoms with Crippen LogP contribution in [0.3, 0.4) is 0 Å². The molecule has 6 heteroatoms. The average Bonchev–Trinajstić information content (AvgIpc) is 2.70. The van der Waals surface area contributed by atoms with E-state index in [0.29, 0.717) is 11.4 Å². The van der Waals surface area contributed by atoms with Crippen LogP contribution >= 0.6 is 0 Å². The van der Waals surface area contributed by atoms with Gasteiger partial charge in [0, 0.05) is 19.4 Å². The summed E-state index contributed by atoms with van der Waals surface area (Å²) in [6, 6.07) is 3.60. The molecule has 0 aliphatic carbocycles. The maximum atomic E-state index is 12.1. The van der Waals surface area contributed by atoms with Crippen LogP contribution in [0.5, 0.6) is 0 Å². The molecule has 2 rings (SSSR count). The van der Waals surface area contributed by atoms with Gasteiger partial charge in [0.15, 0.2) is 0 Å². The summed E-state index contributed by atoms with van der Waals surface area (Å²) in [6.45, 7) is 1.90. The molecule has 0 aliphatic rings. The summed E-state index contributed by atoms with van der Waals surface area (Å²) in [6.07, 6.45) is 4.85. The Morgan fingerprint density at radius 3 is 2.67 bits per heavy atom. The lowest BCUT2D eigenvalue weighted by atomic mass is 10.1. The standard InChI is InChI=1S/C12H15N5O/c1-8(9-3-5-14-6-4-9)16-12(18)11-10(13)7-15-17(11)2/h3-8H,13H2,1-2H3,(H,16,18). The Hall–Kier alpha value is -2.37. The van der Waals surface area contributed by atoms with Crippen LogP contribution in [-0.4, -0.2) is 20.7 Å². The van der Waals surface area contributed by atoms with Gasteiger partial charge < -0.3 is 11.1 Å². The van der Waals surface area contributed by atoms with Gasteiger partial charge in [-0.1, -0.05) is 0 Å². The number of carbonyl (C=O) groups is 1. The van der Waals surface area contributed by atoms with E-state index in [1.807, 2.05) is 19.1 Å². The number of nitrogens with one attached hydrogen (secondary N) is 1. The molecular formula is C12H15N5O. The van der Waals surface area contributed by atoms with Crippen molar-refractivity contribution in [1.29, 1.82) is 0 Å². The van der Waals surface area contributed by atoms with E-state index in [4.69, 9.17) is 5.73 Å². The van der Waals surface area contributed by atoms with Crippen LogP contribution in [0.4, 0.5) is 5.69 Å². The van der Waals surface area contributed by atoms with E-state index in [1.54, 1.807) is 19.4 Å². The monoisotopic (exact) mass is 245 g/mol. The van der Waals surface area contributed by atoms with Crippen molar-refractivity contribution in [2.45, 2.75) is 13.0 Å². The third-order valence-electron chi connectivity index (χ3n) is 2.74. The number of aromatic nitrogens is 3. The van der Waals surface area contributed by atoms with Crippen LogP contribution in [0.15, 0.2) is 30.7 Å². The summed E-state index contributed by atoms with van der Waals surface area (Å²) in [5.74, 6) is -0.239. The van der Waals surface area contributed by atoms with Gasteiger partial charge >= 0.3 is 0 Å². The van der Waals surface area contributed by atoms with Crippen LogP contribution < -0.4 is 11.1 Å². The zero-order chi connectivity index (χ0) is 13.1. The number of nitrogens with zero attached hydrogens (tertiary/aromatic N) is 3. The molecule has 0 spiro atoms. The molecule has 18 heavy (non-hydrogen) atoms. The molecule has 1 unspecified atom stereocenters. The van der Waals surface area contributed by atoms with E-state index in [0.717, 1.165) is 5.56 Å². The highest BCUT2D eigenvalue weighted by atomic mass is 16.2. The van der Waals surface area contributed by atoms with Crippen molar-refractivity contribution in [3.8, 4) is 0 Å². The van der Waals surface area contributed by atoms with Gasteiger partial charge in [-0.15, -0.1) is 0 Å². The third-order valence-corrected chi connectivity index (χ3v) is 2.74. The predicted octanol–water partition coefficient (Wildman–Crippen LogP) is 0.888. The number of carbonyl (C=O) groups excluding carboxylic acids is 1. The summed E-state index contributed by atoms with van der Waals surface area (Å²) < 4.78 is 1.46. The Bertz CT molecular complexity index is 529. The number of nitrogen functional groups attached to an aromatic ring is 1. The number of amides is 1. The molecule has 2 heterocycles. The van der Waals surface area contributed by atoms with E-state index in [1.165, 1.54) is 10.9 Å². The molecule has 94 valence electrons. The van der Waals surface area contributed by atoms with Gasteiger partial charge in [-0.3, -0.25) is 14.5 Å². The van der Waals surface area contributed by atoms with Crippen LogP contribution in [0, 0.1) is 0 Å². The number of anilines is 1. The number of pyridine rings is 1. The van der Waals surface area contributed by atoms with Gasteiger partial charge in [-0.25, -0.2) is 0 Å². The Kier molecular flexibility index (Phi) is 3.27. The molecule has 0 aromatic carbocycles. The van der Waals surface area contributed by atoms with Gasteiger partial charge in [-0.05, 0) is 24.6 Å². The Labute approximate surface area is 105 Å². The van der Waals surface area contributed by atoms with Crippen LogP contribution in [-0.2, 0) is 7.05 Å². The number of aryl methyl sites for hydroxylation is 1. The highest BCUT2D eigenvalue weighted by Crippen LogP contribution is 2.14. The average molecular weight is 245 g/mol. The lowest BCUT2D eigenvalue weighted by Crippen LogP contribution is -2.29. The molecule has 0 aliphatic heterocycles. The summed E-state index contributed by atoms with van der Waals surface area (Å²) in [7, 11) is 1.68. The van der Waals surface area contributed by atoms with Crippen LogP contribution in [0.1, 0.15) is 29.0 Å². The normalized spacial score (nSPS) is 12.1. The fourth-order valence-corrected chi connectivity index (χ4v) is 1.73. The lowest BCUT2D eigenvalue weighted by Gasteiger charge is -2.14. The first-order valence-electron chi connectivity index (χ1n) is 5.58. The number of nitrogens with two attached hydrogens (primary N) is 1. The largest absolute Gasteiger partial charge is 0.396 e. The minimum absolute atomic E-state index is 0.116. The predicted molar refractivity (Wildman–Crippen MR) is 67.7 cm³/mol. The molecule has 2 aromatic heterocycles. The molecule has 0 radical (unpaired) electrons. The topological polar surface area (TPSA) is 85.8 Å². The zero-order valence-corrected chi connectivity index (χ0v) is 10.3. The SMILES string of the molecule is CC(NC(=O)c1c(N)cnn1C)c1ccncc1. The third kappa shape index (κ3) is 2.32. The molecule has 0 saturated heterocycles. The number of hydrogen-bond donors (Lipinski definition) is 2. The summed E-state index contributed by atoms with van der Waals surface area (Å²) in [5.41, 5.74) is 7.43. The van der Waals surface area contributed by atoms with Gasteiger partial charge in [0.25, 0.3) is 5.91 Å². The molecule has 3 N–H and O–H groups in total. The maximum Gasteiger partial charge on any atom is 0.272 e. The van der Waals surface area contributed by atoms with E-state index >= 15 is 0 Å². The molecule has 2 aromatic rings. The van der Waals surface area contributed by atoms with Gasteiger partial charge in [0.05, 0.1) is 17.9 Å². The van der Waals surface area contributed by atoms with Crippen molar-refractivity contribution >= 4 is 11.6 Å². The zero-order valence-electron chi connectivity index (χ0n) is 10.3. The van der Waals surface area contributed by atoms with Crippen molar-refractivity contribution in [2.24, 2.45) is 7.05 Å². The number of hydrogen-bond acceptors (Lipinski definition) is 4. The highest BCUT2D eigenvalue weighted by Gasteiger charge is 2.17. The minimum atomic E-state index is -0.239. The minimum Gasteiger partial charge on any atom is -0.396 e. The molecule has 0 saturated carbocycles. The fraction of sp³-hybridized carbons (Fsp3) is 0.250.